The molecular formula is C21H23NO6. The van der Waals surface area contributed by atoms with Crippen LogP contribution in [-0.4, -0.2) is 49.8 Å². The Morgan fingerprint density at radius 1 is 1.07 bits per heavy atom. The summed E-state index contributed by atoms with van der Waals surface area (Å²) in [5.41, 5.74) is 2.29. The molecule has 0 spiro atoms. The molecule has 0 radical (unpaired) electrons. The Bertz CT molecular complexity index is 869. The largest absolute Gasteiger partial charge is 0.493 e. The van der Waals surface area contributed by atoms with E-state index < -0.39 is 12.0 Å². The first-order chi connectivity index (χ1) is 13.5. The van der Waals surface area contributed by atoms with Gasteiger partial charge in [0.05, 0.1) is 27.8 Å². The van der Waals surface area contributed by atoms with E-state index in [-0.39, 0.29) is 12.3 Å². The van der Waals surface area contributed by atoms with Crippen molar-refractivity contribution >= 4 is 11.9 Å². The van der Waals surface area contributed by atoms with Gasteiger partial charge in [0.15, 0.2) is 17.5 Å². The fourth-order valence-corrected chi connectivity index (χ4v) is 3.62. The molecule has 2 aromatic carbocycles. The van der Waals surface area contributed by atoms with Crippen LogP contribution in [0.4, 0.5) is 0 Å². The maximum atomic E-state index is 13.0. The molecule has 0 bridgehead atoms. The van der Waals surface area contributed by atoms with Crippen molar-refractivity contribution in [2.24, 2.45) is 0 Å². The first kappa shape index (κ1) is 19.5. The molecule has 0 aromatic heterocycles. The quantitative estimate of drug-likeness (QED) is 0.822. The highest BCUT2D eigenvalue weighted by atomic mass is 16.5. The smallest absolute Gasteiger partial charge is 0.331 e. The number of nitrogens with zero attached hydrogens (tertiary/aromatic N) is 1. The van der Waals surface area contributed by atoms with Crippen LogP contribution in [0.15, 0.2) is 36.4 Å². The number of aliphatic carboxylic acids is 1. The number of carbonyl (C=O) groups excluding carboxylic acids is 1. The molecule has 148 valence electrons. The maximum absolute atomic E-state index is 13.0. The van der Waals surface area contributed by atoms with Crippen LogP contribution >= 0.6 is 0 Å². The average molecular weight is 385 g/mol. The van der Waals surface area contributed by atoms with Crippen LogP contribution in [0.25, 0.3) is 0 Å². The summed E-state index contributed by atoms with van der Waals surface area (Å²) in [4.78, 5) is 26.3. The van der Waals surface area contributed by atoms with Crippen molar-refractivity contribution in [2.75, 3.05) is 27.9 Å². The summed E-state index contributed by atoms with van der Waals surface area (Å²) in [6.45, 7) is 0.358. The molecular weight excluding hydrogens is 362 g/mol. The predicted octanol–water partition coefficient (Wildman–Crippen LogP) is 2.47. The first-order valence-electron chi connectivity index (χ1n) is 8.89. The van der Waals surface area contributed by atoms with Gasteiger partial charge in [-0.15, -0.1) is 0 Å². The fraction of sp³-hybridized carbons (Fsp3) is 0.333. The minimum absolute atomic E-state index is 0.0304. The molecule has 28 heavy (non-hydrogen) atoms. The van der Waals surface area contributed by atoms with Gasteiger partial charge in [0.1, 0.15) is 0 Å². The van der Waals surface area contributed by atoms with Crippen LogP contribution in [-0.2, 0) is 22.4 Å². The summed E-state index contributed by atoms with van der Waals surface area (Å²) in [5.74, 6) is 0.0323. The second-order valence-corrected chi connectivity index (χ2v) is 6.49. The maximum Gasteiger partial charge on any atom is 0.331 e. The van der Waals surface area contributed by atoms with Crippen molar-refractivity contribution in [1.29, 1.82) is 0 Å². The van der Waals surface area contributed by atoms with E-state index in [0.29, 0.717) is 41.3 Å². The minimum atomic E-state index is -1.04. The minimum Gasteiger partial charge on any atom is -0.493 e. The van der Waals surface area contributed by atoms with Crippen molar-refractivity contribution in [3.8, 4) is 17.2 Å². The van der Waals surface area contributed by atoms with Gasteiger partial charge in [-0.05, 0) is 35.2 Å². The van der Waals surface area contributed by atoms with Gasteiger partial charge in [0.25, 0.3) is 0 Å². The molecule has 0 saturated carbocycles. The molecule has 1 heterocycles. The lowest BCUT2D eigenvalue weighted by Gasteiger charge is -2.35. The van der Waals surface area contributed by atoms with Crippen LogP contribution < -0.4 is 14.2 Å². The standard InChI is InChI=1S/C21H23NO6/c1-26-16-10-13(11-17(27-2)20(16)28-3)12-18(23)22-9-8-14-6-4-5-7-15(14)19(22)21(24)25/h4-7,10-11,19H,8-9,12H2,1-3H3,(H,24,25). The van der Waals surface area contributed by atoms with Crippen molar-refractivity contribution in [3.63, 3.8) is 0 Å². The van der Waals surface area contributed by atoms with Crippen molar-refractivity contribution < 1.29 is 28.9 Å². The number of hydrogen-bond acceptors (Lipinski definition) is 5. The molecule has 0 saturated heterocycles. The Morgan fingerprint density at radius 3 is 2.29 bits per heavy atom. The lowest BCUT2D eigenvalue weighted by molar-refractivity contribution is -0.151. The number of carboxylic acid groups (broad SMARTS) is 1. The molecule has 2 aromatic rings. The molecule has 1 unspecified atom stereocenters. The third-order valence-electron chi connectivity index (χ3n) is 4.92. The molecule has 3 rings (SSSR count). The number of benzene rings is 2. The molecule has 1 N–H and O–H groups in total. The van der Waals surface area contributed by atoms with Gasteiger partial charge in [0, 0.05) is 6.54 Å². The van der Waals surface area contributed by atoms with Crippen LogP contribution in [0, 0.1) is 0 Å². The third kappa shape index (κ3) is 3.60. The first-order valence-corrected chi connectivity index (χ1v) is 8.89. The van der Waals surface area contributed by atoms with Gasteiger partial charge in [-0.25, -0.2) is 4.79 Å². The topological polar surface area (TPSA) is 85.3 Å². The van der Waals surface area contributed by atoms with Gasteiger partial charge >= 0.3 is 5.97 Å². The molecule has 0 aliphatic carbocycles. The summed E-state index contributed by atoms with van der Waals surface area (Å²) in [6.07, 6.45) is 0.656. The Hall–Kier alpha value is -3.22. The van der Waals surface area contributed by atoms with Crippen molar-refractivity contribution in [1.82, 2.24) is 4.90 Å². The second kappa shape index (κ2) is 8.21. The molecule has 1 aliphatic rings. The molecule has 1 amide bonds. The number of hydrogen-bond donors (Lipinski definition) is 1. The van der Waals surface area contributed by atoms with Crippen molar-refractivity contribution in [3.05, 3.63) is 53.1 Å². The summed E-state index contributed by atoms with van der Waals surface area (Å²) < 4.78 is 16.0. The lowest BCUT2D eigenvalue weighted by Crippen LogP contribution is -2.44. The van der Waals surface area contributed by atoms with Crippen LogP contribution in [0.5, 0.6) is 17.2 Å². The van der Waals surface area contributed by atoms with E-state index in [1.54, 1.807) is 24.3 Å². The van der Waals surface area contributed by atoms with Crippen LogP contribution in [0.2, 0.25) is 0 Å². The summed E-state index contributed by atoms with van der Waals surface area (Å²) in [7, 11) is 4.52. The van der Waals surface area contributed by atoms with Gasteiger partial charge in [-0.2, -0.15) is 0 Å². The number of carbonyl (C=O) groups is 2. The zero-order valence-corrected chi connectivity index (χ0v) is 16.1. The molecule has 0 fully saturated rings. The van der Waals surface area contributed by atoms with E-state index in [4.69, 9.17) is 14.2 Å². The van der Waals surface area contributed by atoms with Crippen LogP contribution in [0.3, 0.4) is 0 Å². The van der Waals surface area contributed by atoms with Gasteiger partial charge in [0.2, 0.25) is 11.7 Å². The van der Waals surface area contributed by atoms with E-state index in [0.717, 1.165) is 5.56 Å². The Morgan fingerprint density at radius 2 is 1.71 bits per heavy atom. The summed E-state index contributed by atoms with van der Waals surface area (Å²) in [6, 6.07) is 9.77. The molecule has 1 atom stereocenters. The van der Waals surface area contributed by atoms with E-state index in [9.17, 15) is 14.7 Å². The number of methoxy groups -OCH3 is 3. The van der Waals surface area contributed by atoms with E-state index >= 15 is 0 Å². The van der Waals surface area contributed by atoms with E-state index in [1.165, 1.54) is 26.2 Å². The monoisotopic (exact) mass is 385 g/mol. The van der Waals surface area contributed by atoms with Crippen molar-refractivity contribution in [2.45, 2.75) is 18.9 Å². The summed E-state index contributed by atoms with van der Waals surface area (Å²) in [5, 5.41) is 9.75. The number of rotatable bonds is 6. The highest BCUT2D eigenvalue weighted by Crippen LogP contribution is 2.38. The van der Waals surface area contributed by atoms with E-state index in [1.807, 2.05) is 12.1 Å². The third-order valence-corrected chi connectivity index (χ3v) is 4.92. The number of ether oxygens (including phenoxy) is 3. The highest BCUT2D eigenvalue weighted by molar-refractivity contribution is 5.87. The highest BCUT2D eigenvalue weighted by Gasteiger charge is 2.35. The Balaban J connectivity index is 1.90. The predicted molar refractivity (Wildman–Crippen MR) is 102 cm³/mol. The van der Waals surface area contributed by atoms with Gasteiger partial charge < -0.3 is 24.2 Å². The average Bonchev–Trinajstić information content (AvgIpc) is 2.71. The van der Waals surface area contributed by atoms with Crippen LogP contribution in [0.1, 0.15) is 22.7 Å². The zero-order valence-electron chi connectivity index (χ0n) is 16.1. The second-order valence-electron chi connectivity index (χ2n) is 6.49. The molecule has 7 heteroatoms. The van der Waals surface area contributed by atoms with Gasteiger partial charge in [-0.3, -0.25) is 4.79 Å². The Labute approximate surface area is 163 Å². The van der Waals surface area contributed by atoms with Gasteiger partial charge in [-0.1, -0.05) is 24.3 Å². The summed E-state index contributed by atoms with van der Waals surface area (Å²) >= 11 is 0. The SMILES string of the molecule is COc1cc(CC(=O)N2CCc3ccccc3C2C(=O)O)cc(OC)c1OC. The number of amides is 1. The lowest BCUT2D eigenvalue weighted by atomic mass is 9.92. The number of carboxylic acids is 1. The number of fused-ring (bicyclic) bond motifs is 1. The molecule has 1 aliphatic heterocycles. The normalized spacial score (nSPS) is 15.5. The fourth-order valence-electron chi connectivity index (χ4n) is 3.62. The van der Waals surface area contributed by atoms with E-state index in [2.05, 4.69) is 0 Å². The molecule has 7 nitrogen and oxygen atoms in total. The zero-order chi connectivity index (χ0) is 20.3. The Kier molecular flexibility index (Phi) is 5.73.